The highest BCUT2D eigenvalue weighted by molar-refractivity contribution is 5.77. The van der Waals surface area contributed by atoms with Gasteiger partial charge in [-0.3, -0.25) is 0 Å². The molecule has 2 aromatic carbocycles. The highest BCUT2D eigenvalue weighted by Gasteiger charge is 2.12. The molecule has 1 atom stereocenters. The van der Waals surface area contributed by atoms with Crippen LogP contribution >= 0.6 is 0 Å². The van der Waals surface area contributed by atoms with Gasteiger partial charge in [-0.15, -0.1) is 0 Å². The van der Waals surface area contributed by atoms with Crippen LogP contribution in [0.4, 0.5) is 0 Å². The van der Waals surface area contributed by atoms with E-state index >= 15 is 0 Å². The van der Waals surface area contributed by atoms with Crippen molar-refractivity contribution >= 4 is 0 Å². The van der Waals surface area contributed by atoms with E-state index in [1.54, 1.807) is 14.2 Å². The first kappa shape index (κ1) is 14.4. The third kappa shape index (κ3) is 2.78. The molecule has 0 aliphatic heterocycles. The minimum Gasteiger partial charge on any atom is -0.496 e. The second kappa shape index (κ2) is 6.44. The van der Waals surface area contributed by atoms with Crippen molar-refractivity contribution in [1.82, 2.24) is 0 Å². The van der Waals surface area contributed by atoms with Gasteiger partial charge >= 0.3 is 0 Å². The van der Waals surface area contributed by atoms with Crippen molar-refractivity contribution in [3.8, 4) is 22.6 Å². The van der Waals surface area contributed by atoms with Crippen molar-refractivity contribution in [2.75, 3.05) is 14.2 Å². The summed E-state index contributed by atoms with van der Waals surface area (Å²) in [6.07, 6.45) is 0.928. The molecule has 0 heterocycles. The summed E-state index contributed by atoms with van der Waals surface area (Å²) in [5.41, 5.74) is 9.22. The number of hydrogen-bond acceptors (Lipinski definition) is 3. The van der Waals surface area contributed by atoms with Gasteiger partial charge in [0, 0.05) is 6.04 Å². The minimum atomic E-state index is 0.0867. The molecular weight excluding hydrogens is 250 g/mol. The lowest BCUT2D eigenvalue weighted by atomic mass is 9.99. The van der Waals surface area contributed by atoms with E-state index in [1.807, 2.05) is 18.2 Å². The molecule has 2 rings (SSSR count). The van der Waals surface area contributed by atoms with E-state index in [0.29, 0.717) is 0 Å². The fourth-order valence-corrected chi connectivity index (χ4v) is 2.27. The van der Waals surface area contributed by atoms with Gasteiger partial charge in [0.25, 0.3) is 0 Å². The smallest absolute Gasteiger partial charge is 0.130 e. The average Bonchev–Trinajstić information content (AvgIpc) is 2.53. The Morgan fingerprint density at radius 1 is 0.950 bits per heavy atom. The maximum Gasteiger partial charge on any atom is 0.130 e. The number of ether oxygens (including phenoxy) is 2. The second-order valence-electron chi connectivity index (χ2n) is 4.67. The first-order valence-corrected chi connectivity index (χ1v) is 6.78. The highest BCUT2D eigenvalue weighted by Crippen LogP contribution is 2.38. The lowest BCUT2D eigenvalue weighted by Crippen LogP contribution is -2.08. The predicted molar refractivity (Wildman–Crippen MR) is 82.2 cm³/mol. The largest absolute Gasteiger partial charge is 0.496 e. The van der Waals surface area contributed by atoms with E-state index < -0.39 is 0 Å². The first-order valence-electron chi connectivity index (χ1n) is 6.78. The first-order chi connectivity index (χ1) is 9.71. The van der Waals surface area contributed by atoms with Crippen molar-refractivity contribution in [2.45, 2.75) is 19.4 Å². The molecule has 0 saturated heterocycles. The molecule has 1 unspecified atom stereocenters. The summed E-state index contributed by atoms with van der Waals surface area (Å²) in [7, 11) is 3.33. The molecule has 0 radical (unpaired) electrons. The van der Waals surface area contributed by atoms with Gasteiger partial charge in [0.05, 0.1) is 19.8 Å². The molecule has 0 spiro atoms. The second-order valence-corrected chi connectivity index (χ2v) is 4.67. The lowest BCUT2D eigenvalue weighted by Gasteiger charge is -2.14. The summed E-state index contributed by atoms with van der Waals surface area (Å²) in [5.74, 6) is 1.61. The molecule has 0 amide bonds. The molecule has 2 aromatic rings. The van der Waals surface area contributed by atoms with Gasteiger partial charge in [0.2, 0.25) is 0 Å². The Bertz CT molecular complexity index is 541. The molecule has 0 saturated carbocycles. The monoisotopic (exact) mass is 271 g/mol. The van der Waals surface area contributed by atoms with Crippen molar-refractivity contribution in [3.63, 3.8) is 0 Å². The van der Waals surface area contributed by atoms with Gasteiger partial charge in [-0.25, -0.2) is 0 Å². The van der Waals surface area contributed by atoms with Crippen LogP contribution in [0, 0.1) is 0 Å². The molecule has 106 valence electrons. The van der Waals surface area contributed by atoms with Gasteiger partial charge in [-0.2, -0.15) is 0 Å². The molecule has 2 N–H and O–H groups in total. The third-order valence-corrected chi connectivity index (χ3v) is 3.50. The molecule has 0 aliphatic carbocycles. The Labute approximate surface area is 120 Å². The zero-order valence-corrected chi connectivity index (χ0v) is 12.2. The van der Waals surface area contributed by atoms with Gasteiger partial charge in [-0.1, -0.05) is 37.3 Å². The Kier molecular flexibility index (Phi) is 4.64. The summed E-state index contributed by atoms with van der Waals surface area (Å²) in [6, 6.07) is 14.1. The molecule has 3 heteroatoms. The SMILES string of the molecule is CCC(N)c1ccc(-c2c(OC)cccc2OC)cc1. The number of benzene rings is 2. The van der Waals surface area contributed by atoms with Crippen LogP contribution in [0.25, 0.3) is 11.1 Å². The maximum absolute atomic E-state index is 6.05. The number of nitrogens with two attached hydrogens (primary N) is 1. The van der Waals surface area contributed by atoms with Crippen LogP contribution in [0.5, 0.6) is 11.5 Å². The molecule has 0 bridgehead atoms. The van der Waals surface area contributed by atoms with Gasteiger partial charge in [-0.05, 0) is 29.7 Å². The number of hydrogen-bond donors (Lipinski definition) is 1. The maximum atomic E-state index is 6.05. The van der Waals surface area contributed by atoms with Crippen LogP contribution < -0.4 is 15.2 Å². The normalized spacial score (nSPS) is 12.0. The Balaban J connectivity index is 2.46. The van der Waals surface area contributed by atoms with Crippen LogP contribution in [0.3, 0.4) is 0 Å². The average molecular weight is 271 g/mol. The van der Waals surface area contributed by atoms with Crippen molar-refractivity contribution in [2.24, 2.45) is 5.73 Å². The lowest BCUT2D eigenvalue weighted by molar-refractivity contribution is 0.397. The summed E-state index contributed by atoms with van der Waals surface area (Å²) >= 11 is 0. The Morgan fingerprint density at radius 2 is 1.50 bits per heavy atom. The van der Waals surface area contributed by atoms with E-state index in [9.17, 15) is 0 Å². The standard InChI is InChI=1S/C17H21NO2/c1-4-14(18)12-8-10-13(11-9-12)17-15(19-2)6-5-7-16(17)20-3/h5-11,14H,4,18H2,1-3H3. The van der Waals surface area contributed by atoms with Gasteiger partial charge in [0.15, 0.2) is 0 Å². The molecule has 20 heavy (non-hydrogen) atoms. The molecule has 0 aliphatic rings. The Hall–Kier alpha value is -2.00. The molecule has 0 aromatic heterocycles. The summed E-state index contributed by atoms with van der Waals surface area (Å²) < 4.78 is 10.9. The van der Waals surface area contributed by atoms with Crippen molar-refractivity contribution < 1.29 is 9.47 Å². The Morgan fingerprint density at radius 3 is 1.95 bits per heavy atom. The van der Waals surface area contributed by atoms with E-state index in [2.05, 4.69) is 31.2 Å². The fraction of sp³-hybridized carbons (Fsp3) is 0.294. The van der Waals surface area contributed by atoms with E-state index in [0.717, 1.165) is 34.6 Å². The number of methoxy groups -OCH3 is 2. The highest BCUT2D eigenvalue weighted by atomic mass is 16.5. The zero-order chi connectivity index (χ0) is 14.5. The number of rotatable bonds is 5. The molecular formula is C17H21NO2. The van der Waals surface area contributed by atoms with Crippen LogP contribution in [-0.2, 0) is 0 Å². The molecule has 3 nitrogen and oxygen atoms in total. The predicted octanol–water partition coefficient (Wildman–Crippen LogP) is 3.78. The van der Waals surface area contributed by atoms with Gasteiger partial charge < -0.3 is 15.2 Å². The summed E-state index contributed by atoms with van der Waals surface area (Å²) in [4.78, 5) is 0. The summed E-state index contributed by atoms with van der Waals surface area (Å²) in [6.45, 7) is 2.09. The van der Waals surface area contributed by atoms with E-state index in [4.69, 9.17) is 15.2 Å². The summed E-state index contributed by atoms with van der Waals surface area (Å²) in [5, 5.41) is 0. The zero-order valence-electron chi connectivity index (χ0n) is 12.2. The van der Waals surface area contributed by atoms with Crippen molar-refractivity contribution in [3.05, 3.63) is 48.0 Å². The fourth-order valence-electron chi connectivity index (χ4n) is 2.27. The van der Waals surface area contributed by atoms with E-state index in [1.165, 1.54) is 0 Å². The molecule has 0 fully saturated rings. The minimum absolute atomic E-state index is 0.0867. The third-order valence-electron chi connectivity index (χ3n) is 3.50. The van der Waals surface area contributed by atoms with Crippen LogP contribution in [0.15, 0.2) is 42.5 Å². The van der Waals surface area contributed by atoms with Crippen molar-refractivity contribution in [1.29, 1.82) is 0 Å². The van der Waals surface area contributed by atoms with E-state index in [-0.39, 0.29) is 6.04 Å². The van der Waals surface area contributed by atoms with Crippen LogP contribution in [0.1, 0.15) is 24.9 Å². The quantitative estimate of drug-likeness (QED) is 0.900. The van der Waals surface area contributed by atoms with Crippen LogP contribution in [0.2, 0.25) is 0 Å². The van der Waals surface area contributed by atoms with Gasteiger partial charge in [0.1, 0.15) is 11.5 Å². The van der Waals surface area contributed by atoms with Crippen LogP contribution in [-0.4, -0.2) is 14.2 Å². The topological polar surface area (TPSA) is 44.5 Å².